The van der Waals surface area contributed by atoms with Gasteiger partial charge in [-0.3, -0.25) is 9.48 Å². The first-order valence-corrected chi connectivity index (χ1v) is 13.7. The molecule has 0 saturated carbocycles. The molecule has 28 heavy (non-hydrogen) atoms. The number of rotatable bonds is 7. The van der Waals surface area contributed by atoms with Crippen LogP contribution in [-0.4, -0.2) is 23.8 Å². The summed E-state index contributed by atoms with van der Waals surface area (Å²) in [6.45, 7) is 12.1. The van der Waals surface area contributed by atoms with Crippen LogP contribution in [0.2, 0.25) is 25.7 Å². The standard InChI is InChI=1S/C23H31N3OSi/c1-23(2,18-12-7-6-8-13-18)24-22(27)21-19-14-9-10-15-20(19)26(25-21)16-11-17-28(3,4)5/h6-10,12-15H,11,16-17H2,1-5H3,(H,24,27). The Morgan fingerprint density at radius 2 is 1.68 bits per heavy atom. The quantitative estimate of drug-likeness (QED) is 0.544. The van der Waals surface area contributed by atoms with E-state index in [1.807, 2.05) is 67.1 Å². The minimum atomic E-state index is -1.08. The second-order valence-electron chi connectivity index (χ2n) is 9.20. The molecule has 3 aromatic rings. The molecular formula is C23H31N3OSi. The Labute approximate surface area is 169 Å². The van der Waals surface area contributed by atoms with Gasteiger partial charge in [-0.2, -0.15) is 5.10 Å². The van der Waals surface area contributed by atoms with E-state index in [2.05, 4.69) is 31.0 Å². The maximum Gasteiger partial charge on any atom is 0.273 e. The van der Waals surface area contributed by atoms with Crippen LogP contribution in [0.15, 0.2) is 54.6 Å². The highest BCUT2D eigenvalue weighted by Crippen LogP contribution is 2.23. The highest BCUT2D eigenvalue weighted by Gasteiger charge is 2.26. The Bertz CT molecular complexity index is 955. The second-order valence-corrected chi connectivity index (χ2v) is 14.8. The molecule has 148 valence electrons. The maximum atomic E-state index is 13.1. The number of hydrogen-bond donors (Lipinski definition) is 1. The Morgan fingerprint density at radius 3 is 2.36 bits per heavy atom. The molecule has 4 nitrogen and oxygen atoms in total. The molecule has 0 bridgehead atoms. The lowest BCUT2D eigenvalue weighted by atomic mass is 9.94. The van der Waals surface area contributed by atoms with Crippen LogP contribution in [0.3, 0.4) is 0 Å². The van der Waals surface area contributed by atoms with Gasteiger partial charge in [0.05, 0.1) is 11.1 Å². The zero-order chi connectivity index (χ0) is 20.4. The molecule has 2 aromatic carbocycles. The van der Waals surface area contributed by atoms with Gasteiger partial charge in [0.25, 0.3) is 5.91 Å². The van der Waals surface area contributed by atoms with E-state index in [0.717, 1.165) is 29.4 Å². The molecule has 1 amide bonds. The zero-order valence-electron chi connectivity index (χ0n) is 17.6. The van der Waals surface area contributed by atoms with Gasteiger partial charge in [-0.15, -0.1) is 0 Å². The number of aromatic nitrogens is 2. The fraction of sp³-hybridized carbons (Fsp3) is 0.391. The minimum absolute atomic E-state index is 0.131. The van der Waals surface area contributed by atoms with Crippen LogP contribution < -0.4 is 5.32 Å². The van der Waals surface area contributed by atoms with Gasteiger partial charge >= 0.3 is 0 Å². The minimum Gasteiger partial charge on any atom is -0.342 e. The first-order valence-electron chi connectivity index (χ1n) is 10.0. The Kier molecular flexibility index (Phi) is 5.75. The summed E-state index contributed by atoms with van der Waals surface area (Å²) in [5.41, 5.74) is 2.14. The monoisotopic (exact) mass is 393 g/mol. The van der Waals surface area contributed by atoms with Crippen LogP contribution in [0, 0.1) is 0 Å². The van der Waals surface area contributed by atoms with Crippen LogP contribution in [0.5, 0.6) is 0 Å². The number of aryl methyl sites for hydroxylation is 1. The Morgan fingerprint density at radius 1 is 1.04 bits per heavy atom. The lowest BCUT2D eigenvalue weighted by molar-refractivity contribution is 0.0907. The number of amides is 1. The summed E-state index contributed by atoms with van der Waals surface area (Å²) < 4.78 is 2.00. The Balaban J connectivity index is 1.85. The second kappa shape index (κ2) is 7.92. The predicted octanol–water partition coefficient (Wildman–Crippen LogP) is 5.43. The SMILES string of the molecule is CC(C)(NC(=O)c1nn(CCC[Si](C)(C)C)c2ccccc12)c1ccccc1. The molecule has 0 fully saturated rings. The van der Waals surface area contributed by atoms with Crippen molar-refractivity contribution >= 4 is 24.9 Å². The van der Waals surface area contributed by atoms with E-state index in [0.29, 0.717) is 5.69 Å². The van der Waals surface area contributed by atoms with E-state index in [-0.39, 0.29) is 5.91 Å². The average molecular weight is 394 g/mol. The molecule has 5 heteroatoms. The number of nitrogens with one attached hydrogen (secondary N) is 1. The number of hydrogen-bond acceptors (Lipinski definition) is 2. The van der Waals surface area contributed by atoms with Gasteiger partial charge in [0.1, 0.15) is 0 Å². The van der Waals surface area contributed by atoms with E-state index in [1.165, 1.54) is 6.04 Å². The van der Waals surface area contributed by atoms with Gasteiger partial charge in [0, 0.05) is 20.0 Å². The zero-order valence-corrected chi connectivity index (χ0v) is 18.6. The highest BCUT2D eigenvalue weighted by atomic mass is 28.3. The van der Waals surface area contributed by atoms with Gasteiger partial charge in [0.2, 0.25) is 0 Å². The van der Waals surface area contributed by atoms with Crippen LogP contribution in [-0.2, 0) is 12.1 Å². The van der Waals surface area contributed by atoms with Crippen LogP contribution in [0.4, 0.5) is 0 Å². The van der Waals surface area contributed by atoms with Crippen molar-refractivity contribution in [1.29, 1.82) is 0 Å². The molecule has 1 heterocycles. The summed E-state index contributed by atoms with van der Waals surface area (Å²) >= 11 is 0. The predicted molar refractivity (Wildman–Crippen MR) is 119 cm³/mol. The lowest BCUT2D eigenvalue weighted by Crippen LogP contribution is -2.41. The summed E-state index contributed by atoms with van der Waals surface area (Å²) in [5, 5.41) is 8.79. The molecule has 0 radical (unpaired) electrons. The molecule has 1 aromatic heterocycles. The van der Waals surface area contributed by atoms with Crippen molar-refractivity contribution in [3.63, 3.8) is 0 Å². The largest absolute Gasteiger partial charge is 0.342 e. The molecule has 0 unspecified atom stereocenters. The molecule has 0 aliphatic rings. The summed E-state index contributed by atoms with van der Waals surface area (Å²) in [4.78, 5) is 13.1. The van der Waals surface area contributed by atoms with E-state index in [4.69, 9.17) is 5.10 Å². The molecular weight excluding hydrogens is 362 g/mol. The van der Waals surface area contributed by atoms with Crippen molar-refractivity contribution in [1.82, 2.24) is 15.1 Å². The molecule has 0 saturated heterocycles. The molecule has 0 spiro atoms. The smallest absolute Gasteiger partial charge is 0.273 e. The number of benzene rings is 2. The Hall–Kier alpha value is -2.40. The fourth-order valence-electron chi connectivity index (χ4n) is 3.49. The third kappa shape index (κ3) is 4.71. The van der Waals surface area contributed by atoms with Crippen LogP contribution in [0.25, 0.3) is 10.9 Å². The van der Waals surface area contributed by atoms with Crippen molar-refractivity contribution in [2.75, 3.05) is 0 Å². The summed E-state index contributed by atoms with van der Waals surface area (Å²) in [5.74, 6) is -0.131. The molecule has 1 N–H and O–H groups in total. The topological polar surface area (TPSA) is 46.9 Å². The van der Waals surface area contributed by atoms with Crippen LogP contribution in [0.1, 0.15) is 36.3 Å². The number of carbonyl (C=O) groups excluding carboxylic acids is 1. The molecule has 0 aliphatic carbocycles. The normalized spacial score (nSPS) is 12.3. The van der Waals surface area contributed by atoms with Gasteiger partial charge in [-0.25, -0.2) is 0 Å². The van der Waals surface area contributed by atoms with Gasteiger partial charge in [-0.05, 0) is 31.9 Å². The number of fused-ring (bicyclic) bond motifs is 1. The molecule has 3 rings (SSSR count). The number of nitrogens with zero attached hydrogens (tertiary/aromatic N) is 2. The first kappa shape index (κ1) is 20.3. The molecule has 0 aliphatic heterocycles. The highest BCUT2D eigenvalue weighted by molar-refractivity contribution is 6.76. The van der Waals surface area contributed by atoms with Crippen molar-refractivity contribution in [3.05, 3.63) is 65.9 Å². The molecule has 0 atom stereocenters. The fourth-order valence-corrected chi connectivity index (χ4v) is 4.71. The lowest BCUT2D eigenvalue weighted by Gasteiger charge is -2.26. The van der Waals surface area contributed by atoms with Crippen molar-refractivity contribution < 1.29 is 4.79 Å². The van der Waals surface area contributed by atoms with Gasteiger partial charge in [-0.1, -0.05) is 74.2 Å². The van der Waals surface area contributed by atoms with Crippen LogP contribution >= 0.6 is 0 Å². The van der Waals surface area contributed by atoms with E-state index < -0.39 is 13.6 Å². The first-order chi connectivity index (χ1) is 13.2. The summed E-state index contributed by atoms with van der Waals surface area (Å²) in [6, 6.07) is 19.3. The van der Waals surface area contributed by atoms with E-state index in [1.54, 1.807) is 0 Å². The summed E-state index contributed by atoms with van der Waals surface area (Å²) in [7, 11) is -1.08. The van der Waals surface area contributed by atoms with Gasteiger partial charge in [0.15, 0.2) is 5.69 Å². The van der Waals surface area contributed by atoms with Crippen molar-refractivity contribution in [3.8, 4) is 0 Å². The maximum absolute atomic E-state index is 13.1. The van der Waals surface area contributed by atoms with E-state index in [9.17, 15) is 4.79 Å². The summed E-state index contributed by atoms with van der Waals surface area (Å²) in [6.07, 6.45) is 1.10. The van der Waals surface area contributed by atoms with Crippen molar-refractivity contribution in [2.24, 2.45) is 0 Å². The number of para-hydroxylation sites is 1. The van der Waals surface area contributed by atoms with E-state index >= 15 is 0 Å². The van der Waals surface area contributed by atoms with Gasteiger partial charge < -0.3 is 5.32 Å². The van der Waals surface area contributed by atoms with Crippen molar-refractivity contribution in [2.45, 2.75) is 58.0 Å². The third-order valence-corrected chi connectivity index (χ3v) is 6.94. The third-order valence-electron chi connectivity index (χ3n) is 5.09. The average Bonchev–Trinajstić information content (AvgIpc) is 3.00. The number of carbonyl (C=O) groups is 1.